The summed E-state index contributed by atoms with van der Waals surface area (Å²) < 4.78 is 1.77. The highest BCUT2D eigenvalue weighted by molar-refractivity contribution is 5.43. The summed E-state index contributed by atoms with van der Waals surface area (Å²) in [5.74, 6) is 0. The molecule has 2 N–H and O–H groups in total. The molecule has 15 heavy (non-hydrogen) atoms. The predicted octanol–water partition coefficient (Wildman–Crippen LogP) is 1.34. The summed E-state index contributed by atoms with van der Waals surface area (Å²) >= 11 is 0. The third kappa shape index (κ3) is 1.76. The highest BCUT2D eigenvalue weighted by atomic mass is 15.4. The van der Waals surface area contributed by atoms with Crippen LogP contribution in [0.5, 0.6) is 0 Å². The fourth-order valence-electron chi connectivity index (χ4n) is 1.49. The van der Waals surface area contributed by atoms with Crippen molar-refractivity contribution in [3.63, 3.8) is 0 Å². The van der Waals surface area contributed by atoms with Gasteiger partial charge in [0, 0.05) is 6.54 Å². The van der Waals surface area contributed by atoms with E-state index in [1.165, 1.54) is 11.1 Å². The van der Waals surface area contributed by atoms with E-state index in [2.05, 4.69) is 30.2 Å². The Morgan fingerprint density at radius 1 is 1.33 bits per heavy atom. The molecule has 0 spiro atoms. The van der Waals surface area contributed by atoms with Crippen molar-refractivity contribution in [1.82, 2.24) is 15.0 Å². The zero-order chi connectivity index (χ0) is 10.8. The minimum atomic E-state index is 0.421. The Labute approximate surface area is 88.7 Å². The largest absolute Gasteiger partial charge is 0.325 e. The first-order valence-corrected chi connectivity index (χ1v) is 4.90. The number of nitrogens with two attached hydrogens (primary N) is 1. The summed E-state index contributed by atoms with van der Waals surface area (Å²) in [6.45, 7) is 4.58. The molecule has 0 bridgehead atoms. The fourth-order valence-corrected chi connectivity index (χ4v) is 1.49. The van der Waals surface area contributed by atoms with Crippen molar-refractivity contribution in [2.45, 2.75) is 20.4 Å². The van der Waals surface area contributed by atoms with Gasteiger partial charge >= 0.3 is 0 Å². The number of hydrogen-bond acceptors (Lipinski definition) is 3. The van der Waals surface area contributed by atoms with Crippen LogP contribution in [0.15, 0.2) is 24.4 Å². The average Bonchev–Trinajstić information content (AvgIpc) is 2.70. The maximum atomic E-state index is 5.49. The van der Waals surface area contributed by atoms with Gasteiger partial charge in [-0.2, -0.15) is 0 Å². The molecule has 2 aromatic rings. The van der Waals surface area contributed by atoms with Crippen molar-refractivity contribution in [2.24, 2.45) is 5.73 Å². The summed E-state index contributed by atoms with van der Waals surface area (Å²) in [6.07, 6.45) is 1.86. The maximum absolute atomic E-state index is 5.49. The van der Waals surface area contributed by atoms with Crippen molar-refractivity contribution in [1.29, 1.82) is 0 Å². The van der Waals surface area contributed by atoms with E-state index in [0.717, 1.165) is 11.4 Å². The third-order valence-electron chi connectivity index (χ3n) is 2.57. The van der Waals surface area contributed by atoms with Gasteiger partial charge in [-0.15, -0.1) is 5.10 Å². The zero-order valence-electron chi connectivity index (χ0n) is 8.94. The predicted molar refractivity (Wildman–Crippen MR) is 58.7 cm³/mol. The fraction of sp³-hybridized carbons (Fsp3) is 0.273. The van der Waals surface area contributed by atoms with Gasteiger partial charge in [-0.25, -0.2) is 4.68 Å². The average molecular weight is 202 g/mol. The number of nitrogens with zero attached hydrogens (tertiary/aromatic N) is 3. The van der Waals surface area contributed by atoms with Crippen LogP contribution >= 0.6 is 0 Å². The highest BCUT2D eigenvalue weighted by Gasteiger charge is 2.05. The Morgan fingerprint density at radius 3 is 2.80 bits per heavy atom. The van der Waals surface area contributed by atoms with Crippen LogP contribution in [-0.2, 0) is 6.54 Å². The number of hydrogen-bond donors (Lipinski definition) is 1. The molecule has 0 radical (unpaired) electrons. The second kappa shape index (κ2) is 3.82. The van der Waals surface area contributed by atoms with E-state index in [1.807, 2.05) is 18.3 Å². The summed E-state index contributed by atoms with van der Waals surface area (Å²) in [6, 6.07) is 6.12. The molecule has 0 fully saturated rings. The van der Waals surface area contributed by atoms with Crippen molar-refractivity contribution >= 4 is 0 Å². The summed E-state index contributed by atoms with van der Waals surface area (Å²) in [7, 11) is 0. The molecule has 0 aliphatic heterocycles. The Bertz CT molecular complexity index is 473. The van der Waals surface area contributed by atoms with E-state index in [1.54, 1.807) is 4.68 Å². The quantitative estimate of drug-likeness (QED) is 0.799. The molecule has 0 amide bonds. The Morgan fingerprint density at radius 2 is 2.13 bits per heavy atom. The molecule has 1 aromatic heterocycles. The standard InChI is InChI=1S/C11H14N4/c1-8-4-3-5-11(9(8)2)15-7-10(6-12)13-14-15/h3-5,7H,6,12H2,1-2H3. The van der Waals surface area contributed by atoms with Crippen molar-refractivity contribution in [3.05, 3.63) is 41.2 Å². The molecule has 0 saturated heterocycles. The Balaban J connectivity index is 2.49. The summed E-state index contributed by atoms with van der Waals surface area (Å²) in [5.41, 5.74) is 9.81. The second-order valence-corrected chi connectivity index (χ2v) is 3.58. The zero-order valence-corrected chi connectivity index (χ0v) is 8.94. The van der Waals surface area contributed by atoms with Gasteiger partial charge < -0.3 is 5.73 Å². The number of aryl methyl sites for hydroxylation is 1. The van der Waals surface area contributed by atoms with Gasteiger partial charge in [-0.05, 0) is 31.0 Å². The molecule has 78 valence electrons. The Hall–Kier alpha value is -1.68. The SMILES string of the molecule is Cc1cccc(-n2cc(CN)nn2)c1C. The molecular formula is C11H14N4. The number of rotatable bonds is 2. The van der Waals surface area contributed by atoms with Gasteiger partial charge in [0.2, 0.25) is 0 Å². The lowest BCUT2D eigenvalue weighted by Gasteiger charge is -2.06. The lowest BCUT2D eigenvalue weighted by molar-refractivity contribution is 0.791. The van der Waals surface area contributed by atoms with E-state index >= 15 is 0 Å². The lowest BCUT2D eigenvalue weighted by atomic mass is 10.1. The van der Waals surface area contributed by atoms with Gasteiger partial charge in [0.15, 0.2) is 0 Å². The maximum Gasteiger partial charge on any atom is 0.0967 e. The van der Waals surface area contributed by atoms with E-state index in [9.17, 15) is 0 Å². The molecule has 0 atom stereocenters. The monoisotopic (exact) mass is 202 g/mol. The van der Waals surface area contributed by atoms with Gasteiger partial charge in [-0.3, -0.25) is 0 Å². The van der Waals surface area contributed by atoms with Crippen LogP contribution in [0.2, 0.25) is 0 Å². The lowest BCUT2D eigenvalue weighted by Crippen LogP contribution is -1.99. The second-order valence-electron chi connectivity index (χ2n) is 3.58. The van der Waals surface area contributed by atoms with E-state index in [4.69, 9.17) is 5.73 Å². The van der Waals surface area contributed by atoms with Crippen LogP contribution in [0.1, 0.15) is 16.8 Å². The first-order valence-electron chi connectivity index (χ1n) is 4.90. The minimum absolute atomic E-state index is 0.421. The third-order valence-corrected chi connectivity index (χ3v) is 2.57. The molecule has 4 nitrogen and oxygen atoms in total. The van der Waals surface area contributed by atoms with Gasteiger partial charge in [0.1, 0.15) is 0 Å². The molecule has 1 heterocycles. The smallest absolute Gasteiger partial charge is 0.0967 e. The number of aromatic nitrogens is 3. The first-order chi connectivity index (χ1) is 7.22. The van der Waals surface area contributed by atoms with Crippen LogP contribution in [0.25, 0.3) is 5.69 Å². The Kier molecular flexibility index (Phi) is 2.51. The van der Waals surface area contributed by atoms with Crippen LogP contribution < -0.4 is 5.73 Å². The molecule has 0 saturated carbocycles. The van der Waals surface area contributed by atoms with Crippen LogP contribution in [-0.4, -0.2) is 15.0 Å². The van der Waals surface area contributed by atoms with Crippen molar-refractivity contribution in [3.8, 4) is 5.69 Å². The number of benzene rings is 1. The molecule has 0 aliphatic carbocycles. The van der Waals surface area contributed by atoms with Gasteiger partial charge in [-0.1, -0.05) is 17.3 Å². The van der Waals surface area contributed by atoms with Gasteiger partial charge in [0.05, 0.1) is 17.6 Å². The summed E-state index contributed by atoms with van der Waals surface area (Å²) in [4.78, 5) is 0. The van der Waals surface area contributed by atoms with Gasteiger partial charge in [0.25, 0.3) is 0 Å². The molecule has 4 heteroatoms. The van der Waals surface area contributed by atoms with Crippen LogP contribution in [0, 0.1) is 13.8 Å². The van der Waals surface area contributed by atoms with E-state index in [-0.39, 0.29) is 0 Å². The molecule has 0 aliphatic rings. The molecule has 1 aromatic carbocycles. The molecular weight excluding hydrogens is 188 g/mol. The van der Waals surface area contributed by atoms with E-state index in [0.29, 0.717) is 6.54 Å². The molecule has 0 unspecified atom stereocenters. The summed E-state index contributed by atoms with van der Waals surface area (Å²) in [5, 5.41) is 8.02. The first kappa shape index (κ1) is 9.86. The van der Waals surface area contributed by atoms with Crippen molar-refractivity contribution < 1.29 is 0 Å². The normalized spacial score (nSPS) is 10.6. The topological polar surface area (TPSA) is 56.7 Å². The van der Waals surface area contributed by atoms with Crippen LogP contribution in [0.4, 0.5) is 0 Å². The minimum Gasteiger partial charge on any atom is -0.325 e. The molecule has 2 rings (SSSR count). The highest BCUT2D eigenvalue weighted by Crippen LogP contribution is 2.16. The van der Waals surface area contributed by atoms with Crippen LogP contribution in [0.3, 0.4) is 0 Å². The van der Waals surface area contributed by atoms with Crippen molar-refractivity contribution in [2.75, 3.05) is 0 Å². The van der Waals surface area contributed by atoms with E-state index < -0.39 is 0 Å².